The van der Waals surface area contributed by atoms with Gasteiger partial charge in [0.15, 0.2) is 0 Å². The molecule has 3 nitrogen and oxygen atoms in total. The molecule has 94 valence electrons. The Morgan fingerprint density at radius 2 is 2.00 bits per heavy atom. The van der Waals surface area contributed by atoms with Crippen LogP contribution in [0.5, 0.6) is 0 Å². The number of nitro benzene ring substituents is 1. The largest absolute Gasteiger partial charge is 0.272 e. The lowest BCUT2D eigenvalue weighted by atomic mass is 9.88. The van der Waals surface area contributed by atoms with Gasteiger partial charge in [-0.1, -0.05) is 52.6 Å². The molecule has 0 saturated carbocycles. The molecule has 17 heavy (non-hydrogen) atoms. The summed E-state index contributed by atoms with van der Waals surface area (Å²) < 4.78 is 0.867. The molecule has 0 aliphatic rings. The van der Waals surface area contributed by atoms with Gasteiger partial charge in [-0.2, -0.15) is 0 Å². The van der Waals surface area contributed by atoms with Gasteiger partial charge in [0.2, 0.25) is 0 Å². The van der Waals surface area contributed by atoms with Crippen molar-refractivity contribution in [3.8, 4) is 0 Å². The van der Waals surface area contributed by atoms with Crippen LogP contribution in [0, 0.1) is 15.5 Å². The minimum absolute atomic E-state index is 0.0657. The van der Waals surface area contributed by atoms with E-state index in [2.05, 4.69) is 52.6 Å². The number of hydrogen-bond acceptors (Lipinski definition) is 2. The van der Waals surface area contributed by atoms with E-state index in [4.69, 9.17) is 0 Å². The predicted molar refractivity (Wildman–Crippen MR) is 76.7 cm³/mol. The number of benzene rings is 1. The lowest BCUT2D eigenvalue weighted by molar-refractivity contribution is -0.385. The van der Waals surface area contributed by atoms with Gasteiger partial charge in [0.1, 0.15) is 0 Å². The normalized spacial score (nSPS) is 13.5. The number of nitrogens with zero attached hydrogens (tertiary/aromatic N) is 1. The Morgan fingerprint density at radius 1 is 1.41 bits per heavy atom. The molecule has 0 aliphatic heterocycles. The van der Waals surface area contributed by atoms with Crippen molar-refractivity contribution in [1.29, 1.82) is 0 Å². The first kappa shape index (κ1) is 14.6. The number of nitro groups is 1. The summed E-state index contributed by atoms with van der Waals surface area (Å²) in [6.45, 7) is 6.32. The second kappa shape index (κ2) is 5.48. The Kier molecular flexibility index (Phi) is 4.72. The van der Waals surface area contributed by atoms with E-state index in [9.17, 15) is 10.1 Å². The molecule has 0 bridgehead atoms. The van der Waals surface area contributed by atoms with Gasteiger partial charge in [-0.25, -0.2) is 0 Å². The molecule has 1 aromatic rings. The summed E-state index contributed by atoms with van der Waals surface area (Å²) in [5, 5.41) is 10.9. The van der Waals surface area contributed by atoms with Crippen LogP contribution in [0.3, 0.4) is 0 Å². The van der Waals surface area contributed by atoms with Gasteiger partial charge in [0.05, 0.1) is 4.92 Å². The summed E-state index contributed by atoms with van der Waals surface area (Å²) >= 11 is 6.95. The molecule has 0 saturated heterocycles. The first-order valence-corrected chi connectivity index (χ1v) is 6.99. The molecule has 0 radical (unpaired) electrons. The molecule has 0 N–H and O–H groups in total. The van der Waals surface area contributed by atoms with E-state index in [1.54, 1.807) is 12.1 Å². The fourth-order valence-electron chi connectivity index (χ4n) is 1.39. The van der Waals surface area contributed by atoms with Crippen LogP contribution in [0.25, 0.3) is 0 Å². The molecular formula is C12H15Br2NO2. The van der Waals surface area contributed by atoms with Crippen LogP contribution in [-0.2, 0) is 6.42 Å². The van der Waals surface area contributed by atoms with Crippen molar-refractivity contribution in [3.63, 3.8) is 0 Å². The average molecular weight is 365 g/mol. The number of hydrogen-bond donors (Lipinski definition) is 0. The molecular weight excluding hydrogens is 350 g/mol. The van der Waals surface area contributed by atoms with Crippen molar-refractivity contribution in [2.75, 3.05) is 0 Å². The Morgan fingerprint density at radius 3 is 2.47 bits per heavy atom. The Labute approximate surface area is 118 Å². The van der Waals surface area contributed by atoms with E-state index >= 15 is 0 Å². The summed E-state index contributed by atoms with van der Waals surface area (Å²) in [5.74, 6) is 0. The first-order valence-electron chi connectivity index (χ1n) is 5.28. The maximum Gasteiger partial charge on any atom is 0.272 e. The summed E-state index contributed by atoms with van der Waals surface area (Å²) in [5.41, 5.74) is 0.999. The van der Waals surface area contributed by atoms with Crippen molar-refractivity contribution < 1.29 is 4.92 Å². The van der Waals surface area contributed by atoms with E-state index in [1.807, 2.05) is 6.07 Å². The van der Waals surface area contributed by atoms with E-state index in [-0.39, 0.29) is 20.9 Å². The van der Waals surface area contributed by atoms with Gasteiger partial charge in [0.25, 0.3) is 5.69 Å². The standard InChI is InChI=1S/C12H15Br2NO2/c1-12(2,3)11(14)7-8-6-9(13)4-5-10(8)15(16)17/h4-6,11H,7H2,1-3H3. The van der Waals surface area contributed by atoms with Crippen molar-refractivity contribution in [2.45, 2.75) is 32.0 Å². The summed E-state index contributed by atoms with van der Waals surface area (Å²) in [7, 11) is 0. The van der Waals surface area contributed by atoms with E-state index in [0.29, 0.717) is 6.42 Å². The zero-order valence-electron chi connectivity index (χ0n) is 10.0. The van der Waals surface area contributed by atoms with Crippen LogP contribution in [0.15, 0.2) is 22.7 Å². The highest BCUT2D eigenvalue weighted by molar-refractivity contribution is 9.10. The second-order valence-corrected chi connectivity index (χ2v) is 7.09. The van der Waals surface area contributed by atoms with Gasteiger partial charge in [0, 0.05) is 20.9 Å². The van der Waals surface area contributed by atoms with Crippen molar-refractivity contribution in [2.24, 2.45) is 5.41 Å². The Bertz CT molecular complexity index is 427. The molecule has 0 fully saturated rings. The molecule has 1 aromatic carbocycles. The van der Waals surface area contributed by atoms with E-state index < -0.39 is 0 Å². The van der Waals surface area contributed by atoms with E-state index in [0.717, 1.165) is 10.0 Å². The van der Waals surface area contributed by atoms with Crippen LogP contribution in [0.1, 0.15) is 26.3 Å². The Balaban J connectivity index is 3.04. The van der Waals surface area contributed by atoms with Crippen molar-refractivity contribution >= 4 is 37.5 Å². The van der Waals surface area contributed by atoms with Gasteiger partial charge in [-0.15, -0.1) is 0 Å². The Hall–Kier alpha value is -0.420. The van der Waals surface area contributed by atoms with Crippen LogP contribution in [-0.4, -0.2) is 9.75 Å². The number of alkyl halides is 1. The fraction of sp³-hybridized carbons (Fsp3) is 0.500. The molecule has 1 atom stereocenters. The van der Waals surface area contributed by atoms with Crippen LogP contribution in [0.2, 0.25) is 0 Å². The average Bonchev–Trinajstić information content (AvgIpc) is 2.15. The summed E-state index contributed by atoms with van der Waals surface area (Å²) in [6.07, 6.45) is 0.638. The maximum absolute atomic E-state index is 10.9. The van der Waals surface area contributed by atoms with Crippen molar-refractivity contribution in [3.05, 3.63) is 38.3 Å². The third-order valence-electron chi connectivity index (χ3n) is 2.58. The third-order valence-corrected chi connectivity index (χ3v) is 4.77. The summed E-state index contributed by atoms with van der Waals surface area (Å²) in [4.78, 5) is 10.8. The van der Waals surface area contributed by atoms with Crippen molar-refractivity contribution in [1.82, 2.24) is 0 Å². The van der Waals surface area contributed by atoms with Gasteiger partial charge in [-0.3, -0.25) is 10.1 Å². The molecule has 0 heterocycles. The van der Waals surface area contributed by atoms with Crippen LogP contribution in [0.4, 0.5) is 5.69 Å². The zero-order valence-corrected chi connectivity index (χ0v) is 13.2. The minimum atomic E-state index is -0.329. The van der Waals surface area contributed by atoms with Crippen LogP contribution < -0.4 is 0 Å². The lowest BCUT2D eigenvalue weighted by Gasteiger charge is -2.25. The molecule has 0 aromatic heterocycles. The smallest absolute Gasteiger partial charge is 0.258 e. The minimum Gasteiger partial charge on any atom is -0.258 e. The summed E-state index contributed by atoms with van der Waals surface area (Å²) in [6, 6.07) is 5.06. The highest BCUT2D eigenvalue weighted by Gasteiger charge is 2.25. The van der Waals surface area contributed by atoms with Crippen LogP contribution >= 0.6 is 31.9 Å². The second-order valence-electron chi connectivity index (χ2n) is 5.07. The molecule has 0 spiro atoms. The molecule has 5 heteroatoms. The number of rotatable bonds is 3. The van der Waals surface area contributed by atoms with Gasteiger partial charge < -0.3 is 0 Å². The molecule has 1 unspecified atom stereocenters. The monoisotopic (exact) mass is 363 g/mol. The first-order chi connectivity index (χ1) is 7.71. The topological polar surface area (TPSA) is 43.1 Å². The molecule has 0 aliphatic carbocycles. The lowest BCUT2D eigenvalue weighted by Crippen LogP contribution is -2.22. The molecule has 1 rings (SSSR count). The third kappa shape index (κ3) is 4.07. The highest BCUT2D eigenvalue weighted by atomic mass is 79.9. The fourth-order valence-corrected chi connectivity index (χ4v) is 2.15. The van der Waals surface area contributed by atoms with Gasteiger partial charge in [-0.05, 0) is 24.0 Å². The molecule has 0 amide bonds. The number of halogens is 2. The SMILES string of the molecule is CC(C)(C)C(Br)Cc1cc(Br)ccc1[N+](=O)[O-]. The quantitative estimate of drug-likeness (QED) is 0.442. The maximum atomic E-state index is 10.9. The predicted octanol–water partition coefficient (Wildman–Crippen LogP) is 4.71. The van der Waals surface area contributed by atoms with Gasteiger partial charge >= 0.3 is 0 Å². The highest BCUT2D eigenvalue weighted by Crippen LogP contribution is 2.32. The zero-order chi connectivity index (χ0) is 13.2. The van der Waals surface area contributed by atoms with E-state index in [1.165, 1.54) is 0 Å².